The lowest BCUT2D eigenvalue weighted by atomic mass is 9.67. The standard InChI is InChI=1S/C93H66N2/c1-5-63-37-45-67(46-38-63)91(65-41-33-61(3)34-42-65)83-29-17-13-25-75(83)79-53-49-71(57-87(79)91)94(69-21-9-7-10-22-69)73-51-55-81-77-27-15-19-31-85(77)93(89(81)59-73)86-32-20-16-28-78(86)82-56-52-74(60-90(82)93)95(70-23-11-8-12-24-70)72-50-54-80-76-26-14-18-30-84(76)92(88(80)58-72,66-43-35-62(4)36-44-66)68-47-39-64(6-2)40-48-68/h5-60H,1-2H2,3-4H3. The molecule has 0 aromatic heterocycles. The molecule has 2 heteroatoms. The molecule has 0 radical (unpaired) electrons. The number of aryl methyl sites for hydroxylation is 2. The Bertz CT molecular complexity index is 5070. The van der Waals surface area contributed by atoms with Gasteiger partial charge in [-0.2, -0.15) is 0 Å². The van der Waals surface area contributed by atoms with Crippen LogP contribution >= 0.6 is 0 Å². The first-order valence-electron chi connectivity index (χ1n) is 33.1. The molecular formula is C93H66N2. The summed E-state index contributed by atoms with van der Waals surface area (Å²) in [5.41, 5.74) is 34.2. The van der Waals surface area contributed by atoms with E-state index >= 15 is 0 Å². The molecule has 0 amide bonds. The molecule has 448 valence electrons. The molecule has 0 saturated heterocycles. The Morgan fingerprint density at radius 1 is 0.221 bits per heavy atom. The SMILES string of the molecule is C=Cc1ccc(C2(c3ccc(C)cc3)c3ccccc3-c3ccc(N(c4ccccc4)c4ccc5c(c4)C4(c6ccccc6-5)c5ccccc5-c5ccc(N(c6ccccc6)c6ccc7c(c6)C(c6ccc(C)cc6)(c6ccc(C=C)cc6)c6ccccc6-7)cc54)cc32)cc1. The lowest BCUT2D eigenvalue weighted by Crippen LogP contribution is -2.29. The second kappa shape index (κ2) is 21.6. The van der Waals surface area contributed by atoms with Crippen molar-refractivity contribution in [1.29, 1.82) is 0 Å². The quantitative estimate of drug-likeness (QED) is 0.120. The number of anilines is 6. The van der Waals surface area contributed by atoms with Gasteiger partial charge in [0.15, 0.2) is 0 Å². The summed E-state index contributed by atoms with van der Waals surface area (Å²) in [6, 6.07) is 124. The first-order chi connectivity index (χ1) is 46.8. The first kappa shape index (κ1) is 56.0. The second-order valence-corrected chi connectivity index (χ2v) is 26.1. The minimum absolute atomic E-state index is 0.614. The molecular weight excluding hydrogens is 1150 g/mol. The summed E-state index contributed by atoms with van der Waals surface area (Å²) in [5, 5.41) is 0. The minimum Gasteiger partial charge on any atom is -0.310 e. The topological polar surface area (TPSA) is 6.48 Å². The van der Waals surface area contributed by atoms with E-state index in [0.717, 1.165) is 45.3 Å². The highest BCUT2D eigenvalue weighted by Crippen LogP contribution is 2.65. The Morgan fingerprint density at radius 3 is 0.758 bits per heavy atom. The zero-order chi connectivity index (χ0) is 63.6. The van der Waals surface area contributed by atoms with E-state index in [1.54, 1.807) is 0 Å². The highest BCUT2D eigenvalue weighted by atomic mass is 15.1. The van der Waals surface area contributed by atoms with Gasteiger partial charge in [0.05, 0.1) is 16.2 Å². The van der Waals surface area contributed by atoms with Crippen LogP contribution < -0.4 is 9.80 Å². The van der Waals surface area contributed by atoms with Crippen molar-refractivity contribution in [1.82, 2.24) is 0 Å². The number of nitrogens with zero attached hydrogens (tertiary/aromatic N) is 2. The Morgan fingerprint density at radius 2 is 0.463 bits per heavy atom. The van der Waals surface area contributed by atoms with Crippen molar-refractivity contribution in [2.75, 3.05) is 9.80 Å². The summed E-state index contributed by atoms with van der Waals surface area (Å²) in [6.45, 7) is 12.7. The van der Waals surface area contributed by atoms with Crippen LogP contribution in [0.25, 0.3) is 56.7 Å². The molecule has 0 saturated carbocycles. The van der Waals surface area contributed by atoms with Crippen molar-refractivity contribution >= 4 is 46.3 Å². The Labute approximate surface area is 557 Å². The number of benzene rings is 14. The molecule has 2 unspecified atom stereocenters. The largest absolute Gasteiger partial charge is 0.310 e. The normalized spacial score (nSPS) is 16.9. The zero-order valence-electron chi connectivity index (χ0n) is 53.1. The van der Waals surface area contributed by atoms with E-state index in [2.05, 4.69) is 364 Å². The molecule has 1 spiro atoms. The fourth-order valence-corrected chi connectivity index (χ4v) is 17.2. The third-order valence-corrected chi connectivity index (χ3v) is 21.3. The van der Waals surface area contributed by atoms with Crippen LogP contribution in [0.2, 0.25) is 0 Å². The molecule has 4 aliphatic carbocycles. The van der Waals surface area contributed by atoms with Crippen LogP contribution in [-0.4, -0.2) is 0 Å². The summed E-state index contributed by atoms with van der Waals surface area (Å²) in [4.78, 5) is 4.99. The van der Waals surface area contributed by atoms with Gasteiger partial charge in [0.2, 0.25) is 0 Å². The Balaban J connectivity index is 0.848. The molecule has 0 heterocycles. The van der Waals surface area contributed by atoms with Gasteiger partial charge in [0.1, 0.15) is 0 Å². The molecule has 14 aromatic carbocycles. The average molecular weight is 1210 g/mol. The van der Waals surface area contributed by atoms with Crippen molar-refractivity contribution in [2.24, 2.45) is 0 Å². The van der Waals surface area contributed by atoms with E-state index in [-0.39, 0.29) is 0 Å². The van der Waals surface area contributed by atoms with Crippen molar-refractivity contribution in [2.45, 2.75) is 30.1 Å². The molecule has 18 rings (SSSR count). The molecule has 4 aliphatic rings. The molecule has 2 nitrogen and oxygen atoms in total. The van der Waals surface area contributed by atoms with E-state index < -0.39 is 16.2 Å². The van der Waals surface area contributed by atoms with Crippen molar-refractivity contribution in [3.63, 3.8) is 0 Å². The number of rotatable bonds is 12. The van der Waals surface area contributed by atoms with Gasteiger partial charge >= 0.3 is 0 Å². The van der Waals surface area contributed by atoms with Crippen LogP contribution in [0.5, 0.6) is 0 Å². The van der Waals surface area contributed by atoms with E-state index in [9.17, 15) is 0 Å². The first-order valence-corrected chi connectivity index (χ1v) is 33.1. The van der Waals surface area contributed by atoms with E-state index in [0.29, 0.717) is 0 Å². The summed E-state index contributed by atoms with van der Waals surface area (Å²) < 4.78 is 0. The van der Waals surface area contributed by atoms with Crippen LogP contribution in [0.1, 0.15) is 89.0 Å². The fraction of sp³-hybridized carbons (Fsp3) is 0.0538. The summed E-state index contributed by atoms with van der Waals surface area (Å²) in [5.74, 6) is 0. The highest BCUT2D eigenvalue weighted by molar-refractivity contribution is 5.99. The molecule has 0 aliphatic heterocycles. The number of hydrogen-bond acceptors (Lipinski definition) is 2. The number of fused-ring (bicyclic) bond motifs is 16. The van der Waals surface area contributed by atoms with Gasteiger partial charge in [-0.15, -0.1) is 0 Å². The van der Waals surface area contributed by atoms with Crippen LogP contribution in [0.15, 0.2) is 341 Å². The molecule has 95 heavy (non-hydrogen) atoms. The van der Waals surface area contributed by atoms with Gasteiger partial charge in [-0.05, 0) is 209 Å². The highest BCUT2D eigenvalue weighted by Gasteiger charge is 2.53. The third-order valence-electron chi connectivity index (χ3n) is 21.3. The van der Waals surface area contributed by atoms with Crippen LogP contribution in [0.4, 0.5) is 34.1 Å². The van der Waals surface area contributed by atoms with Crippen molar-refractivity contribution < 1.29 is 0 Å². The molecule has 0 N–H and O–H groups in total. The predicted molar refractivity (Wildman–Crippen MR) is 396 cm³/mol. The second-order valence-electron chi connectivity index (χ2n) is 26.1. The van der Waals surface area contributed by atoms with Gasteiger partial charge < -0.3 is 9.80 Å². The number of para-hydroxylation sites is 2. The smallest absolute Gasteiger partial charge is 0.0727 e. The zero-order valence-corrected chi connectivity index (χ0v) is 53.1. The monoisotopic (exact) mass is 1210 g/mol. The average Bonchev–Trinajstić information content (AvgIpc) is 1.55. The van der Waals surface area contributed by atoms with E-state index in [4.69, 9.17) is 0 Å². The van der Waals surface area contributed by atoms with E-state index in [1.165, 1.54) is 122 Å². The number of hydrogen-bond donors (Lipinski definition) is 0. The molecule has 2 atom stereocenters. The van der Waals surface area contributed by atoms with Crippen LogP contribution in [0.3, 0.4) is 0 Å². The van der Waals surface area contributed by atoms with Gasteiger partial charge in [0.25, 0.3) is 0 Å². The van der Waals surface area contributed by atoms with Gasteiger partial charge in [-0.25, -0.2) is 0 Å². The van der Waals surface area contributed by atoms with Gasteiger partial charge in [-0.1, -0.05) is 291 Å². The van der Waals surface area contributed by atoms with Crippen LogP contribution in [0, 0.1) is 13.8 Å². The predicted octanol–water partition coefficient (Wildman–Crippen LogP) is 23.6. The molecule has 14 aromatic rings. The Kier molecular flexibility index (Phi) is 12.7. The maximum absolute atomic E-state index is 4.15. The van der Waals surface area contributed by atoms with E-state index in [1.807, 2.05) is 12.2 Å². The summed E-state index contributed by atoms with van der Waals surface area (Å²) >= 11 is 0. The van der Waals surface area contributed by atoms with Crippen LogP contribution in [-0.2, 0) is 16.2 Å². The van der Waals surface area contributed by atoms with Gasteiger partial charge in [0, 0.05) is 34.1 Å². The summed E-state index contributed by atoms with van der Waals surface area (Å²) in [7, 11) is 0. The summed E-state index contributed by atoms with van der Waals surface area (Å²) in [6.07, 6.45) is 3.87. The third kappa shape index (κ3) is 8.05. The van der Waals surface area contributed by atoms with Crippen molar-refractivity contribution in [3.05, 3.63) is 430 Å². The van der Waals surface area contributed by atoms with Gasteiger partial charge in [-0.3, -0.25) is 0 Å². The fourth-order valence-electron chi connectivity index (χ4n) is 17.2. The lowest BCUT2D eigenvalue weighted by molar-refractivity contribution is 0.768. The minimum atomic E-state index is -0.690. The van der Waals surface area contributed by atoms with Crippen molar-refractivity contribution in [3.8, 4) is 44.5 Å². The maximum Gasteiger partial charge on any atom is 0.0727 e. The molecule has 0 fully saturated rings. The molecule has 0 bridgehead atoms. The lowest BCUT2D eigenvalue weighted by Gasteiger charge is -2.36. The maximum atomic E-state index is 4.15. The Hall–Kier alpha value is -11.8.